The van der Waals surface area contributed by atoms with Gasteiger partial charge in [-0.1, -0.05) is 0 Å². The molecular formula is C10H18N2O2. The molecule has 2 aliphatic rings. The molecule has 14 heavy (non-hydrogen) atoms. The molecule has 4 nitrogen and oxygen atoms in total. The highest BCUT2D eigenvalue weighted by Crippen LogP contribution is 2.12. The molecule has 0 saturated carbocycles. The molecule has 0 aromatic heterocycles. The molecule has 1 atom stereocenters. The summed E-state index contributed by atoms with van der Waals surface area (Å²) >= 11 is 0. The maximum absolute atomic E-state index is 11.6. The van der Waals surface area contributed by atoms with Crippen molar-refractivity contribution >= 4 is 6.09 Å². The molecule has 4 heteroatoms. The SMILES string of the molecule is O=C(O[C@@H]1CCCNC1)N1CCCC1. The van der Waals surface area contributed by atoms with E-state index in [0.717, 1.165) is 51.9 Å². The van der Waals surface area contributed by atoms with E-state index in [1.165, 1.54) is 0 Å². The largest absolute Gasteiger partial charge is 0.445 e. The third kappa shape index (κ3) is 2.38. The van der Waals surface area contributed by atoms with Gasteiger partial charge in [0.2, 0.25) is 0 Å². The van der Waals surface area contributed by atoms with Crippen LogP contribution in [0.1, 0.15) is 25.7 Å². The lowest BCUT2D eigenvalue weighted by atomic mass is 10.1. The van der Waals surface area contributed by atoms with Crippen molar-refractivity contribution in [2.45, 2.75) is 31.8 Å². The zero-order valence-corrected chi connectivity index (χ0v) is 8.50. The fourth-order valence-electron chi connectivity index (χ4n) is 2.04. The van der Waals surface area contributed by atoms with E-state index in [1.54, 1.807) is 0 Å². The number of ether oxygens (including phenoxy) is 1. The highest BCUT2D eigenvalue weighted by atomic mass is 16.6. The summed E-state index contributed by atoms with van der Waals surface area (Å²) in [6, 6.07) is 0. The van der Waals surface area contributed by atoms with Crippen LogP contribution in [-0.4, -0.2) is 43.3 Å². The fourth-order valence-corrected chi connectivity index (χ4v) is 2.04. The third-order valence-electron chi connectivity index (χ3n) is 2.88. The van der Waals surface area contributed by atoms with Gasteiger partial charge in [0.25, 0.3) is 0 Å². The van der Waals surface area contributed by atoms with E-state index in [2.05, 4.69) is 5.32 Å². The van der Waals surface area contributed by atoms with Gasteiger partial charge in [0, 0.05) is 19.6 Å². The summed E-state index contributed by atoms with van der Waals surface area (Å²) in [6.07, 6.45) is 4.34. The number of likely N-dealkylation sites (tertiary alicyclic amines) is 1. The van der Waals surface area contributed by atoms with E-state index in [1.807, 2.05) is 4.90 Å². The molecule has 2 aliphatic heterocycles. The summed E-state index contributed by atoms with van der Waals surface area (Å²) in [7, 11) is 0. The Labute approximate surface area is 84.6 Å². The number of nitrogens with zero attached hydrogens (tertiary/aromatic N) is 1. The lowest BCUT2D eigenvalue weighted by Gasteiger charge is -2.25. The Morgan fingerprint density at radius 2 is 2.07 bits per heavy atom. The van der Waals surface area contributed by atoms with Crippen molar-refractivity contribution in [1.82, 2.24) is 10.2 Å². The zero-order valence-electron chi connectivity index (χ0n) is 8.50. The van der Waals surface area contributed by atoms with Crippen LogP contribution in [0.4, 0.5) is 4.79 Å². The highest BCUT2D eigenvalue weighted by molar-refractivity contribution is 5.68. The van der Waals surface area contributed by atoms with Crippen molar-refractivity contribution in [3.05, 3.63) is 0 Å². The van der Waals surface area contributed by atoms with Crippen molar-refractivity contribution < 1.29 is 9.53 Å². The van der Waals surface area contributed by atoms with Gasteiger partial charge in [-0.25, -0.2) is 4.79 Å². The third-order valence-corrected chi connectivity index (χ3v) is 2.88. The first-order valence-electron chi connectivity index (χ1n) is 5.52. The minimum absolute atomic E-state index is 0.0943. The van der Waals surface area contributed by atoms with Crippen LogP contribution in [-0.2, 0) is 4.74 Å². The first kappa shape index (κ1) is 9.77. The van der Waals surface area contributed by atoms with Crippen LogP contribution < -0.4 is 5.32 Å². The van der Waals surface area contributed by atoms with Crippen molar-refractivity contribution in [2.24, 2.45) is 0 Å². The second-order valence-corrected chi connectivity index (χ2v) is 4.05. The average molecular weight is 198 g/mol. The molecular weight excluding hydrogens is 180 g/mol. The van der Waals surface area contributed by atoms with Crippen LogP contribution in [0.15, 0.2) is 0 Å². The Morgan fingerprint density at radius 3 is 2.71 bits per heavy atom. The Bertz CT molecular complexity index is 196. The number of hydrogen-bond acceptors (Lipinski definition) is 3. The van der Waals surface area contributed by atoms with E-state index < -0.39 is 0 Å². The molecule has 80 valence electrons. The molecule has 0 radical (unpaired) electrons. The van der Waals surface area contributed by atoms with E-state index in [-0.39, 0.29) is 12.2 Å². The van der Waals surface area contributed by atoms with E-state index in [9.17, 15) is 4.79 Å². The highest BCUT2D eigenvalue weighted by Gasteiger charge is 2.23. The molecule has 2 heterocycles. The first-order chi connectivity index (χ1) is 6.86. The van der Waals surface area contributed by atoms with Gasteiger partial charge in [-0.15, -0.1) is 0 Å². The van der Waals surface area contributed by atoms with Crippen LogP contribution in [0.2, 0.25) is 0 Å². The molecule has 2 rings (SSSR count). The van der Waals surface area contributed by atoms with E-state index in [0.29, 0.717) is 0 Å². The van der Waals surface area contributed by atoms with Gasteiger partial charge < -0.3 is 15.0 Å². The molecule has 2 fully saturated rings. The van der Waals surface area contributed by atoms with Gasteiger partial charge in [-0.2, -0.15) is 0 Å². The summed E-state index contributed by atoms with van der Waals surface area (Å²) < 4.78 is 5.40. The molecule has 0 unspecified atom stereocenters. The first-order valence-corrected chi connectivity index (χ1v) is 5.52. The molecule has 0 bridgehead atoms. The minimum atomic E-state index is -0.115. The minimum Gasteiger partial charge on any atom is -0.445 e. The second kappa shape index (κ2) is 4.64. The van der Waals surface area contributed by atoms with Crippen LogP contribution in [0.5, 0.6) is 0 Å². The lowest BCUT2D eigenvalue weighted by molar-refractivity contribution is 0.0569. The lowest BCUT2D eigenvalue weighted by Crippen LogP contribution is -2.40. The number of rotatable bonds is 1. The Balaban J connectivity index is 1.75. The zero-order chi connectivity index (χ0) is 9.80. The topological polar surface area (TPSA) is 41.6 Å². The summed E-state index contributed by atoms with van der Waals surface area (Å²) in [4.78, 5) is 13.4. The quantitative estimate of drug-likeness (QED) is 0.682. The number of piperidine rings is 1. The monoisotopic (exact) mass is 198 g/mol. The summed E-state index contributed by atoms with van der Waals surface area (Å²) in [5.41, 5.74) is 0. The van der Waals surface area contributed by atoms with Crippen molar-refractivity contribution in [3.63, 3.8) is 0 Å². The van der Waals surface area contributed by atoms with Gasteiger partial charge >= 0.3 is 6.09 Å². The van der Waals surface area contributed by atoms with Gasteiger partial charge in [-0.05, 0) is 32.2 Å². The van der Waals surface area contributed by atoms with E-state index >= 15 is 0 Å². The molecule has 2 saturated heterocycles. The van der Waals surface area contributed by atoms with Gasteiger partial charge in [0.1, 0.15) is 6.10 Å². The molecule has 0 aliphatic carbocycles. The number of nitrogens with one attached hydrogen (secondary N) is 1. The predicted molar refractivity (Wildman–Crippen MR) is 53.2 cm³/mol. The van der Waals surface area contributed by atoms with Gasteiger partial charge in [-0.3, -0.25) is 0 Å². The number of carbonyl (C=O) groups is 1. The van der Waals surface area contributed by atoms with Gasteiger partial charge in [0.15, 0.2) is 0 Å². The Kier molecular flexibility index (Phi) is 3.24. The molecule has 0 aromatic rings. The van der Waals surface area contributed by atoms with Crippen molar-refractivity contribution in [1.29, 1.82) is 0 Å². The number of carbonyl (C=O) groups excluding carboxylic acids is 1. The number of amides is 1. The van der Waals surface area contributed by atoms with Gasteiger partial charge in [0.05, 0.1) is 0 Å². The molecule has 1 N–H and O–H groups in total. The van der Waals surface area contributed by atoms with Crippen LogP contribution >= 0.6 is 0 Å². The molecule has 1 amide bonds. The van der Waals surface area contributed by atoms with Crippen molar-refractivity contribution in [3.8, 4) is 0 Å². The average Bonchev–Trinajstić information content (AvgIpc) is 2.72. The number of hydrogen-bond donors (Lipinski definition) is 1. The van der Waals surface area contributed by atoms with Crippen LogP contribution in [0.3, 0.4) is 0 Å². The van der Waals surface area contributed by atoms with Crippen LogP contribution in [0, 0.1) is 0 Å². The molecule has 0 spiro atoms. The Morgan fingerprint density at radius 1 is 1.29 bits per heavy atom. The summed E-state index contributed by atoms with van der Waals surface area (Å²) in [5, 5.41) is 3.24. The maximum Gasteiger partial charge on any atom is 0.410 e. The molecule has 0 aromatic carbocycles. The smallest absolute Gasteiger partial charge is 0.410 e. The fraction of sp³-hybridized carbons (Fsp3) is 0.900. The normalized spacial score (nSPS) is 27.7. The van der Waals surface area contributed by atoms with Crippen LogP contribution in [0.25, 0.3) is 0 Å². The summed E-state index contributed by atoms with van der Waals surface area (Å²) in [6.45, 7) is 3.62. The predicted octanol–water partition coefficient (Wildman–Crippen LogP) is 0.971. The standard InChI is InChI=1S/C10H18N2O2/c13-10(12-6-1-2-7-12)14-9-4-3-5-11-8-9/h9,11H,1-8H2/t9-/m1/s1. The second-order valence-electron chi connectivity index (χ2n) is 4.05. The van der Waals surface area contributed by atoms with E-state index in [4.69, 9.17) is 4.74 Å². The maximum atomic E-state index is 11.6. The van der Waals surface area contributed by atoms with Crippen molar-refractivity contribution in [2.75, 3.05) is 26.2 Å². The Hall–Kier alpha value is -0.770. The summed E-state index contributed by atoms with van der Waals surface area (Å²) in [5.74, 6) is 0.